The van der Waals surface area contributed by atoms with Gasteiger partial charge in [-0.25, -0.2) is 4.79 Å². The highest BCUT2D eigenvalue weighted by molar-refractivity contribution is 5.77. The third-order valence-corrected chi connectivity index (χ3v) is 6.77. The molecule has 3 heterocycles. The number of morpholine rings is 1. The molecule has 0 saturated carbocycles. The van der Waals surface area contributed by atoms with Crippen LogP contribution in [0.25, 0.3) is 0 Å². The minimum absolute atomic E-state index is 0.0248. The molecule has 3 aliphatic rings. The molecule has 166 valence electrons. The van der Waals surface area contributed by atoms with Crippen molar-refractivity contribution in [3.8, 4) is 0 Å². The van der Waals surface area contributed by atoms with Gasteiger partial charge in [0.05, 0.1) is 12.2 Å². The molecule has 0 spiro atoms. The summed E-state index contributed by atoms with van der Waals surface area (Å²) in [7, 11) is 0. The molecule has 3 saturated heterocycles. The second-order valence-electron chi connectivity index (χ2n) is 9.86. The van der Waals surface area contributed by atoms with E-state index in [9.17, 15) is 9.59 Å². The molecule has 7 heteroatoms. The Morgan fingerprint density at radius 3 is 2.14 bits per heavy atom. The molecule has 0 aliphatic carbocycles. The number of likely N-dealkylation sites (tertiary alicyclic amines) is 2. The van der Waals surface area contributed by atoms with Crippen LogP contribution in [0.3, 0.4) is 0 Å². The van der Waals surface area contributed by atoms with Crippen molar-refractivity contribution in [2.45, 2.75) is 77.5 Å². The number of nitrogens with one attached hydrogen (secondary N) is 1. The molecule has 1 N–H and O–H groups in total. The van der Waals surface area contributed by atoms with Crippen molar-refractivity contribution in [1.82, 2.24) is 20.0 Å². The van der Waals surface area contributed by atoms with Crippen LogP contribution in [0.15, 0.2) is 0 Å². The van der Waals surface area contributed by atoms with Crippen LogP contribution in [0.4, 0.5) is 4.79 Å². The third-order valence-electron chi connectivity index (χ3n) is 6.77. The number of urea groups is 1. The first-order valence-electron chi connectivity index (χ1n) is 11.5. The fraction of sp³-hybridized carbons (Fsp3) is 0.909. The van der Waals surface area contributed by atoms with E-state index in [1.165, 1.54) is 0 Å². The van der Waals surface area contributed by atoms with Gasteiger partial charge < -0.3 is 19.9 Å². The number of carbonyl (C=O) groups excluding carboxylic acids is 2. The van der Waals surface area contributed by atoms with Crippen LogP contribution in [0.1, 0.15) is 59.8 Å². The van der Waals surface area contributed by atoms with Crippen molar-refractivity contribution in [2.24, 2.45) is 5.92 Å². The van der Waals surface area contributed by atoms with E-state index in [1.807, 2.05) is 9.80 Å². The van der Waals surface area contributed by atoms with Gasteiger partial charge in [0, 0.05) is 57.8 Å². The summed E-state index contributed by atoms with van der Waals surface area (Å²) in [6.07, 6.45) is 5.22. The van der Waals surface area contributed by atoms with Gasteiger partial charge in [0.2, 0.25) is 5.91 Å². The fourth-order valence-electron chi connectivity index (χ4n) is 4.87. The van der Waals surface area contributed by atoms with E-state index in [1.54, 1.807) is 0 Å². The first-order valence-corrected chi connectivity index (χ1v) is 11.5. The first kappa shape index (κ1) is 22.3. The van der Waals surface area contributed by atoms with E-state index >= 15 is 0 Å². The highest BCUT2D eigenvalue weighted by Crippen LogP contribution is 2.24. The van der Waals surface area contributed by atoms with Crippen LogP contribution < -0.4 is 5.32 Å². The second-order valence-corrected chi connectivity index (χ2v) is 9.86. The summed E-state index contributed by atoms with van der Waals surface area (Å²) in [5.74, 6) is 0.723. The number of amides is 3. The number of carbonyl (C=O) groups is 2. The SMILES string of the molecule is CC1CN(C(C)(C)CNC(=O)N2CCC(CC(=O)N3CCCC3)CC2)CC(C)O1. The zero-order valence-electron chi connectivity index (χ0n) is 18.8. The quantitative estimate of drug-likeness (QED) is 0.758. The number of nitrogens with zero attached hydrogens (tertiary/aromatic N) is 3. The van der Waals surface area contributed by atoms with E-state index in [-0.39, 0.29) is 23.8 Å². The molecule has 3 rings (SSSR count). The van der Waals surface area contributed by atoms with Crippen molar-refractivity contribution in [2.75, 3.05) is 45.8 Å². The maximum atomic E-state index is 12.7. The molecule has 7 nitrogen and oxygen atoms in total. The predicted octanol–water partition coefficient (Wildman–Crippen LogP) is 2.31. The smallest absolute Gasteiger partial charge is 0.317 e. The predicted molar refractivity (Wildman–Crippen MR) is 114 cm³/mol. The Labute approximate surface area is 176 Å². The molecule has 0 aromatic carbocycles. The number of ether oxygens (including phenoxy) is 1. The Morgan fingerprint density at radius 1 is 0.966 bits per heavy atom. The van der Waals surface area contributed by atoms with Gasteiger partial charge in [-0.2, -0.15) is 0 Å². The van der Waals surface area contributed by atoms with Crippen molar-refractivity contribution < 1.29 is 14.3 Å². The second kappa shape index (κ2) is 9.65. The van der Waals surface area contributed by atoms with Gasteiger partial charge in [-0.1, -0.05) is 0 Å². The molecular formula is C22H40N4O3. The normalized spacial score (nSPS) is 27.3. The van der Waals surface area contributed by atoms with Gasteiger partial charge in [-0.3, -0.25) is 9.69 Å². The summed E-state index contributed by atoms with van der Waals surface area (Å²) in [4.78, 5) is 31.4. The van der Waals surface area contributed by atoms with Crippen LogP contribution in [-0.2, 0) is 9.53 Å². The zero-order valence-corrected chi connectivity index (χ0v) is 18.8. The number of hydrogen-bond donors (Lipinski definition) is 1. The minimum atomic E-state index is -0.109. The number of rotatable bonds is 5. The van der Waals surface area contributed by atoms with Crippen molar-refractivity contribution in [1.29, 1.82) is 0 Å². The van der Waals surface area contributed by atoms with Gasteiger partial charge in [-0.15, -0.1) is 0 Å². The monoisotopic (exact) mass is 408 g/mol. The summed E-state index contributed by atoms with van der Waals surface area (Å²) in [6.45, 7) is 14.3. The molecule has 3 fully saturated rings. The lowest BCUT2D eigenvalue weighted by Crippen LogP contribution is -2.59. The average molecular weight is 409 g/mol. The van der Waals surface area contributed by atoms with Crippen molar-refractivity contribution in [3.63, 3.8) is 0 Å². The van der Waals surface area contributed by atoms with E-state index in [0.717, 1.165) is 65.0 Å². The van der Waals surface area contributed by atoms with E-state index in [0.29, 0.717) is 24.8 Å². The topological polar surface area (TPSA) is 65.1 Å². The first-order chi connectivity index (χ1) is 13.7. The molecule has 0 aromatic heterocycles. The molecule has 3 amide bonds. The average Bonchev–Trinajstić information content (AvgIpc) is 3.21. The van der Waals surface area contributed by atoms with Crippen LogP contribution in [-0.4, -0.2) is 90.2 Å². The zero-order chi connectivity index (χ0) is 21.0. The fourth-order valence-corrected chi connectivity index (χ4v) is 4.87. The molecule has 0 aromatic rings. The summed E-state index contributed by atoms with van der Waals surface area (Å²) in [5.41, 5.74) is -0.109. The lowest BCUT2D eigenvalue weighted by molar-refractivity contribution is -0.131. The Bertz CT molecular complexity index is 558. The molecule has 2 atom stereocenters. The summed E-state index contributed by atoms with van der Waals surface area (Å²) in [6, 6.07) is 0.0248. The van der Waals surface area contributed by atoms with Crippen molar-refractivity contribution in [3.05, 3.63) is 0 Å². The summed E-state index contributed by atoms with van der Waals surface area (Å²) >= 11 is 0. The van der Waals surface area contributed by atoms with Crippen molar-refractivity contribution >= 4 is 11.9 Å². The largest absolute Gasteiger partial charge is 0.373 e. The Morgan fingerprint density at radius 2 is 1.55 bits per heavy atom. The molecule has 3 aliphatic heterocycles. The van der Waals surface area contributed by atoms with Gasteiger partial charge in [0.15, 0.2) is 0 Å². The maximum Gasteiger partial charge on any atom is 0.317 e. The van der Waals surface area contributed by atoms with Crippen LogP contribution in [0, 0.1) is 5.92 Å². The molecule has 29 heavy (non-hydrogen) atoms. The standard InChI is InChI=1S/C22H40N4O3/c1-17-14-26(15-18(2)29-17)22(3,4)16-23-21(28)25-11-7-19(8-12-25)13-20(27)24-9-5-6-10-24/h17-19H,5-16H2,1-4H3,(H,23,28). The molecule has 0 radical (unpaired) electrons. The number of piperidine rings is 1. The van der Waals surface area contributed by atoms with Crippen LogP contribution in [0.2, 0.25) is 0 Å². The van der Waals surface area contributed by atoms with Crippen LogP contribution in [0.5, 0.6) is 0 Å². The van der Waals surface area contributed by atoms with Gasteiger partial charge in [0.25, 0.3) is 0 Å². The highest BCUT2D eigenvalue weighted by Gasteiger charge is 2.34. The summed E-state index contributed by atoms with van der Waals surface area (Å²) in [5, 5.41) is 3.15. The van der Waals surface area contributed by atoms with E-state index in [4.69, 9.17) is 4.74 Å². The third kappa shape index (κ3) is 6.07. The van der Waals surface area contributed by atoms with E-state index < -0.39 is 0 Å². The lowest BCUT2D eigenvalue weighted by Gasteiger charge is -2.45. The molecule has 2 unspecified atom stereocenters. The lowest BCUT2D eigenvalue weighted by atomic mass is 9.93. The Kier molecular flexibility index (Phi) is 7.43. The van der Waals surface area contributed by atoms with Gasteiger partial charge in [0.1, 0.15) is 0 Å². The van der Waals surface area contributed by atoms with Gasteiger partial charge >= 0.3 is 6.03 Å². The van der Waals surface area contributed by atoms with Crippen LogP contribution >= 0.6 is 0 Å². The van der Waals surface area contributed by atoms with Gasteiger partial charge in [-0.05, 0) is 59.3 Å². The summed E-state index contributed by atoms with van der Waals surface area (Å²) < 4.78 is 5.84. The Hall–Kier alpha value is -1.34. The molecular weight excluding hydrogens is 368 g/mol. The Balaban J connectivity index is 1.39. The van der Waals surface area contributed by atoms with E-state index in [2.05, 4.69) is 37.9 Å². The maximum absolute atomic E-state index is 12.7. The highest BCUT2D eigenvalue weighted by atomic mass is 16.5. The molecule has 0 bridgehead atoms. The number of hydrogen-bond acceptors (Lipinski definition) is 4. The minimum Gasteiger partial charge on any atom is -0.373 e.